The standard InChI is InChI=1S/C17H25N3O2/c1-14(20-11-7-2-3-8-12-20)16(21)19-17(22)18-13-15-9-5-4-6-10-15/h4-6,9-10,14H,2-3,7-8,11-13H2,1H3,(H2,18,19,21,22). The Labute approximate surface area is 132 Å². The van der Waals surface area contributed by atoms with Gasteiger partial charge in [0.25, 0.3) is 0 Å². The molecule has 120 valence electrons. The van der Waals surface area contributed by atoms with Crippen LogP contribution in [0.25, 0.3) is 0 Å². The van der Waals surface area contributed by atoms with Gasteiger partial charge in [0, 0.05) is 6.54 Å². The highest BCUT2D eigenvalue weighted by atomic mass is 16.2. The van der Waals surface area contributed by atoms with E-state index in [1.807, 2.05) is 37.3 Å². The zero-order valence-electron chi connectivity index (χ0n) is 13.2. The first-order valence-corrected chi connectivity index (χ1v) is 8.03. The Bertz CT molecular complexity index is 482. The number of amides is 3. The van der Waals surface area contributed by atoms with Gasteiger partial charge in [-0.15, -0.1) is 0 Å². The molecule has 0 saturated carbocycles. The fourth-order valence-corrected chi connectivity index (χ4v) is 2.69. The van der Waals surface area contributed by atoms with Crippen LogP contribution in [0.4, 0.5) is 4.79 Å². The lowest BCUT2D eigenvalue weighted by atomic mass is 10.2. The molecule has 0 bridgehead atoms. The van der Waals surface area contributed by atoms with Gasteiger partial charge in [-0.2, -0.15) is 0 Å². The molecule has 22 heavy (non-hydrogen) atoms. The summed E-state index contributed by atoms with van der Waals surface area (Å²) in [5.41, 5.74) is 1.01. The number of nitrogens with zero attached hydrogens (tertiary/aromatic N) is 1. The third kappa shape index (κ3) is 5.15. The number of benzene rings is 1. The van der Waals surface area contributed by atoms with Crippen LogP contribution in [-0.4, -0.2) is 36.0 Å². The molecule has 2 rings (SSSR count). The summed E-state index contributed by atoms with van der Waals surface area (Å²) in [7, 11) is 0. The van der Waals surface area contributed by atoms with Crippen molar-refractivity contribution < 1.29 is 9.59 Å². The van der Waals surface area contributed by atoms with E-state index >= 15 is 0 Å². The van der Waals surface area contributed by atoms with Gasteiger partial charge in [-0.25, -0.2) is 4.79 Å². The number of rotatable bonds is 4. The highest BCUT2D eigenvalue weighted by Crippen LogP contribution is 2.12. The van der Waals surface area contributed by atoms with E-state index < -0.39 is 6.03 Å². The molecular formula is C17H25N3O2. The number of carbonyl (C=O) groups is 2. The number of urea groups is 1. The van der Waals surface area contributed by atoms with Crippen molar-refractivity contribution >= 4 is 11.9 Å². The number of likely N-dealkylation sites (tertiary alicyclic amines) is 1. The highest BCUT2D eigenvalue weighted by Gasteiger charge is 2.23. The van der Waals surface area contributed by atoms with E-state index in [1.54, 1.807) is 0 Å². The number of nitrogens with one attached hydrogen (secondary N) is 2. The minimum absolute atomic E-state index is 0.229. The second-order valence-electron chi connectivity index (χ2n) is 5.78. The number of imide groups is 1. The summed E-state index contributed by atoms with van der Waals surface area (Å²) in [6, 6.07) is 8.93. The lowest BCUT2D eigenvalue weighted by Gasteiger charge is -2.26. The summed E-state index contributed by atoms with van der Waals surface area (Å²) in [4.78, 5) is 26.1. The Morgan fingerprint density at radius 1 is 1.09 bits per heavy atom. The van der Waals surface area contributed by atoms with Crippen molar-refractivity contribution in [2.45, 2.75) is 45.2 Å². The molecule has 1 heterocycles. The molecule has 0 radical (unpaired) electrons. The maximum absolute atomic E-state index is 12.2. The van der Waals surface area contributed by atoms with E-state index in [1.165, 1.54) is 12.8 Å². The summed E-state index contributed by atoms with van der Waals surface area (Å²) >= 11 is 0. The molecule has 5 nitrogen and oxygen atoms in total. The van der Waals surface area contributed by atoms with E-state index in [2.05, 4.69) is 15.5 Å². The molecule has 2 N–H and O–H groups in total. The Balaban J connectivity index is 1.76. The fraction of sp³-hybridized carbons (Fsp3) is 0.529. The molecule has 1 saturated heterocycles. The maximum atomic E-state index is 12.2. The van der Waals surface area contributed by atoms with Gasteiger partial charge in [0.15, 0.2) is 0 Å². The summed E-state index contributed by atoms with van der Waals surface area (Å²) in [5, 5.41) is 5.15. The molecule has 1 aliphatic heterocycles. The largest absolute Gasteiger partial charge is 0.334 e. The SMILES string of the molecule is CC(C(=O)NC(=O)NCc1ccccc1)N1CCCCCC1. The van der Waals surface area contributed by atoms with Crippen molar-refractivity contribution in [3.8, 4) is 0 Å². The predicted molar refractivity (Wildman–Crippen MR) is 86.3 cm³/mol. The average Bonchev–Trinajstić information content (AvgIpc) is 2.82. The molecule has 0 spiro atoms. The topological polar surface area (TPSA) is 61.4 Å². The van der Waals surface area contributed by atoms with E-state index in [0.717, 1.165) is 31.5 Å². The first-order valence-electron chi connectivity index (χ1n) is 8.03. The quantitative estimate of drug-likeness (QED) is 0.897. The van der Waals surface area contributed by atoms with Crippen molar-refractivity contribution in [1.82, 2.24) is 15.5 Å². The fourth-order valence-electron chi connectivity index (χ4n) is 2.69. The molecule has 5 heteroatoms. The van der Waals surface area contributed by atoms with Crippen LogP contribution >= 0.6 is 0 Å². The van der Waals surface area contributed by atoms with Gasteiger partial charge in [-0.1, -0.05) is 43.2 Å². The van der Waals surface area contributed by atoms with Crippen molar-refractivity contribution in [3.05, 3.63) is 35.9 Å². The van der Waals surface area contributed by atoms with Gasteiger partial charge >= 0.3 is 6.03 Å². The number of hydrogen-bond donors (Lipinski definition) is 2. The number of hydrogen-bond acceptors (Lipinski definition) is 3. The van der Waals surface area contributed by atoms with Crippen molar-refractivity contribution in [2.75, 3.05) is 13.1 Å². The maximum Gasteiger partial charge on any atom is 0.321 e. The van der Waals surface area contributed by atoms with Crippen LogP contribution in [-0.2, 0) is 11.3 Å². The molecule has 3 amide bonds. The molecule has 1 aromatic rings. The second kappa shape index (κ2) is 8.54. The first-order chi connectivity index (χ1) is 10.7. The average molecular weight is 303 g/mol. The highest BCUT2D eigenvalue weighted by molar-refractivity contribution is 5.96. The Morgan fingerprint density at radius 2 is 1.73 bits per heavy atom. The van der Waals surface area contributed by atoms with E-state index in [9.17, 15) is 9.59 Å². The first kappa shape index (κ1) is 16.5. The summed E-state index contributed by atoms with van der Waals surface area (Å²) in [6.45, 7) is 4.14. The van der Waals surface area contributed by atoms with Crippen LogP contribution < -0.4 is 10.6 Å². The van der Waals surface area contributed by atoms with E-state index in [-0.39, 0.29) is 11.9 Å². The van der Waals surface area contributed by atoms with Gasteiger partial charge in [-0.05, 0) is 38.4 Å². The molecule has 1 fully saturated rings. The minimum atomic E-state index is -0.435. The number of carbonyl (C=O) groups excluding carboxylic acids is 2. The monoisotopic (exact) mass is 303 g/mol. The third-order valence-corrected chi connectivity index (χ3v) is 4.10. The van der Waals surface area contributed by atoms with Crippen LogP contribution in [0.2, 0.25) is 0 Å². The third-order valence-electron chi connectivity index (χ3n) is 4.10. The molecule has 1 aromatic carbocycles. The smallest absolute Gasteiger partial charge is 0.321 e. The van der Waals surface area contributed by atoms with Gasteiger partial charge < -0.3 is 5.32 Å². The summed E-state index contributed by atoms with van der Waals surface area (Å²) in [5.74, 6) is -0.229. The molecule has 1 aliphatic rings. The van der Waals surface area contributed by atoms with Gasteiger partial charge in [0.1, 0.15) is 0 Å². The van der Waals surface area contributed by atoms with Crippen molar-refractivity contribution in [1.29, 1.82) is 0 Å². The molecule has 1 unspecified atom stereocenters. The van der Waals surface area contributed by atoms with Crippen LogP contribution in [0.5, 0.6) is 0 Å². The Morgan fingerprint density at radius 3 is 2.36 bits per heavy atom. The molecule has 1 atom stereocenters. The Kier molecular flexibility index (Phi) is 6.40. The molecular weight excluding hydrogens is 278 g/mol. The summed E-state index contributed by atoms with van der Waals surface area (Å²) < 4.78 is 0. The molecule has 0 aromatic heterocycles. The predicted octanol–water partition coefficient (Wildman–Crippen LogP) is 2.28. The zero-order chi connectivity index (χ0) is 15.8. The lowest BCUT2D eigenvalue weighted by Crippen LogP contribution is -2.49. The normalized spacial score (nSPS) is 17.3. The van der Waals surface area contributed by atoms with Gasteiger partial charge in [-0.3, -0.25) is 15.0 Å². The van der Waals surface area contributed by atoms with Crippen LogP contribution in [0, 0.1) is 0 Å². The minimum Gasteiger partial charge on any atom is -0.334 e. The Hall–Kier alpha value is -1.88. The lowest BCUT2D eigenvalue weighted by molar-refractivity contribution is -0.124. The van der Waals surface area contributed by atoms with Crippen LogP contribution in [0.1, 0.15) is 38.2 Å². The van der Waals surface area contributed by atoms with Crippen molar-refractivity contribution in [3.63, 3.8) is 0 Å². The van der Waals surface area contributed by atoms with Crippen molar-refractivity contribution in [2.24, 2.45) is 0 Å². The van der Waals surface area contributed by atoms with E-state index in [0.29, 0.717) is 6.54 Å². The molecule has 0 aliphatic carbocycles. The van der Waals surface area contributed by atoms with Gasteiger partial charge in [0.05, 0.1) is 6.04 Å². The second-order valence-corrected chi connectivity index (χ2v) is 5.78. The van der Waals surface area contributed by atoms with Crippen LogP contribution in [0.15, 0.2) is 30.3 Å². The van der Waals surface area contributed by atoms with E-state index in [4.69, 9.17) is 0 Å². The van der Waals surface area contributed by atoms with Crippen LogP contribution in [0.3, 0.4) is 0 Å². The van der Waals surface area contributed by atoms with Gasteiger partial charge in [0.2, 0.25) is 5.91 Å². The summed E-state index contributed by atoms with van der Waals surface area (Å²) in [6.07, 6.45) is 4.69. The zero-order valence-corrected chi connectivity index (χ0v) is 13.2.